The number of nitrogens with one attached hydrogen (secondary N) is 1. The lowest BCUT2D eigenvalue weighted by atomic mass is 9.89. The molecule has 0 saturated heterocycles. The summed E-state index contributed by atoms with van der Waals surface area (Å²) in [5.41, 5.74) is 2.49. The molecule has 1 aliphatic heterocycles. The molecule has 1 heterocycles. The summed E-state index contributed by atoms with van der Waals surface area (Å²) in [6.07, 6.45) is 1.23. The van der Waals surface area contributed by atoms with Gasteiger partial charge in [0.05, 0.1) is 19.3 Å². The van der Waals surface area contributed by atoms with Crippen LogP contribution in [0.25, 0.3) is 5.57 Å². The Morgan fingerprint density at radius 2 is 2.16 bits per heavy atom. The number of para-hydroxylation sites is 1. The molecule has 0 fully saturated rings. The topological polar surface area (TPSA) is 88.4 Å². The first kappa shape index (κ1) is 18.5. The van der Waals surface area contributed by atoms with Gasteiger partial charge in [0, 0.05) is 17.7 Å². The lowest BCUT2D eigenvalue weighted by molar-refractivity contribution is -0.143. The molecule has 132 valence electrons. The predicted molar refractivity (Wildman–Crippen MR) is 92.3 cm³/mol. The summed E-state index contributed by atoms with van der Waals surface area (Å²) in [6.45, 7) is 4.36. The van der Waals surface area contributed by atoms with Gasteiger partial charge in [0.15, 0.2) is 0 Å². The highest BCUT2D eigenvalue weighted by atomic mass is 16.5. The summed E-state index contributed by atoms with van der Waals surface area (Å²) in [5.74, 6) is -0.523. The van der Waals surface area contributed by atoms with Crippen molar-refractivity contribution in [1.82, 2.24) is 5.32 Å². The average Bonchev–Trinajstić information content (AvgIpc) is 2.60. The van der Waals surface area contributed by atoms with Gasteiger partial charge >= 0.3 is 5.97 Å². The van der Waals surface area contributed by atoms with Gasteiger partial charge in [-0.25, -0.2) is 0 Å². The number of carbonyl (C=O) groups is 2. The van der Waals surface area contributed by atoms with Gasteiger partial charge in [-0.2, -0.15) is 5.26 Å². The number of esters is 1. The van der Waals surface area contributed by atoms with E-state index < -0.39 is 5.92 Å². The number of hydrogen-bond donors (Lipinski definition) is 1. The Morgan fingerprint density at radius 3 is 2.88 bits per heavy atom. The maximum atomic E-state index is 11.8. The fourth-order valence-corrected chi connectivity index (χ4v) is 2.69. The molecule has 1 amide bonds. The summed E-state index contributed by atoms with van der Waals surface area (Å²) >= 11 is 0. The molecular weight excluding hydrogens is 320 g/mol. The van der Waals surface area contributed by atoms with E-state index in [1.807, 2.05) is 37.3 Å². The molecule has 1 aliphatic rings. The fraction of sp³-hybridized carbons (Fsp3) is 0.421. The largest absolute Gasteiger partial charge is 0.493 e. The fourth-order valence-electron chi connectivity index (χ4n) is 2.69. The highest BCUT2D eigenvalue weighted by molar-refractivity contribution is 5.90. The van der Waals surface area contributed by atoms with Crippen LogP contribution in [0.2, 0.25) is 0 Å². The molecule has 0 aliphatic carbocycles. The number of rotatable bonds is 7. The van der Waals surface area contributed by atoms with E-state index in [1.54, 1.807) is 6.92 Å². The molecule has 1 N–H and O–H groups in total. The summed E-state index contributed by atoms with van der Waals surface area (Å²) in [6, 6.07) is 9.54. The van der Waals surface area contributed by atoms with Gasteiger partial charge in [0.25, 0.3) is 0 Å². The highest BCUT2D eigenvalue weighted by Gasteiger charge is 2.28. The van der Waals surface area contributed by atoms with Crippen molar-refractivity contribution in [2.45, 2.75) is 33.1 Å². The molecule has 0 saturated carbocycles. The zero-order chi connectivity index (χ0) is 18.2. The van der Waals surface area contributed by atoms with Crippen molar-refractivity contribution in [3.8, 4) is 11.8 Å². The molecule has 0 radical (unpaired) electrons. The van der Waals surface area contributed by atoms with E-state index in [9.17, 15) is 9.59 Å². The molecule has 0 spiro atoms. The number of nitrogens with zero attached hydrogens (tertiary/aromatic N) is 1. The third kappa shape index (κ3) is 4.83. The second-order valence-corrected chi connectivity index (χ2v) is 5.73. The van der Waals surface area contributed by atoms with E-state index in [-0.39, 0.29) is 11.9 Å². The van der Waals surface area contributed by atoms with Crippen LogP contribution in [0, 0.1) is 17.2 Å². The standard InChI is InChI=1S/C19H22N2O4/c1-3-24-18(22)9-6-10-25-17-8-5-4-7-15(17)16-11-14(12-20)19(23)21-13(16)2/h4-5,7-8,14H,3,6,9-11H2,1-2H3,(H,21,23). The Morgan fingerprint density at radius 1 is 1.40 bits per heavy atom. The minimum absolute atomic E-state index is 0.232. The predicted octanol–water partition coefficient (Wildman–Crippen LogP) is 2.80. The molecule has 1 aromatic rings. The Bertz CT molecular complexity index is 718. The van der Waals surface area contributed by atoms with Crippen LogP contribution in [0.5, 0.6) is 5.75 Å². The van der Waals surface area contributed by atoms with E-state index in [4.69, 9.17) is 14.7 Å². The molecule has 1 aromatic carbocycles. The van der Waals surface area contributed by atoms with Crippen molar-refractivity contribution in [2.75, 3.05) is 13.2 Å². The first-order chi connectivity index (χ1) is 12.1. The number of benzene rings is 1. The Labute approximate surface area is 147 Å². The van der Waals surface area contributed by atoms with Crippen LogP contribution in [0.4, 0.5) is 0 Å². The van der Waals surface area contributed by atoms with E-state index in [2.05, 4.69) is 5.32 Å². The van der Waals surface area contributed by atoms with Crippen molar-refractivity contribution in [1.29, 1.82) is 5.26 Å². The van der Waals surface area contributed by atoms with Gasteiger partial charge in [0.2, 0.25) is 5.91 Å². The number of ether oxygens (including phenoxy) is 2. The van der Waals surface area contributed by atoms with Crippen LogP contribution < -0.4 is 10.1 Å². The highest BCUT2D eigenvalue weighted by Crippen LogP contribution is 2.34. The minimum Gasteiger partial charge on any atom is -0.493 e. The first-order valence-electron chi connectivity index (χ1n) is 8.34. The van der Waals surface area contributed by atoms with Crippen LogP contribution in [-0.2, 0) is 14.3 Å². The molecule has 6 heteroatoms. The van der Waals surface area contributed by atoms with Gasteiger partial charge in [-0.3, -0.25) is 9.59 Å². The van der Waals surface area contributed by atoms with Crippen molar-refractivity contribution in [3.05, 3.63) is 35.5 Å². The second-order valence-electron chi connectivity index (χ2n) is 5.73. The molecule has 25 heavy (non-hydrogen) atoms. The monoisotopic (exact) mass is 342 g/mol. The smallest absolute Gasteiger partial charge is 0.305 e. The number of hydrogen-bond acceptors (Lipinski definition) is 5. The molecule has 6 nitrogen and oxygen atoms in total. The number of allylic oxidation sites excluding steroid dienone is 2. The summed E-state index contributed by atoms with van der Waals surface area (Å²) in [5, 5.41) is 11.9. The van der Waals surface area contributed by atoms with Gasteiger partial charge in [-0.05, 0) is 38.3 Å². The number of amides is 1. The molecule has 1 unspecified atom stereocenters. The van der Waals surface area contributed by atoms with Crippen LogP contribution >= 0.6 is 0 Å². The lowest BCUT2D eigenvalue weighted by Gasteiger charge is -2.23. The summed E-state index contributed by atoms with van der Waals surface area (Å²) in [7, 11) is 0. The van der Waals surface area contributed by atoms with Crippen molar-refractivity contribution < 1.29 is 19.1 Å². The van der Waals surface area contributed by atoms with Crippen LogP contribution in [-0.4, -0.2) is 25.1 Å². The summed E-state index contributed by atoms with van der Waals surface area (Å²) < 4.78 is 10.7. The number of nitriles is 1. The average molecular weight is 342 g/mol. The summed E-state index contributed by atoms with van der Waals surface area (Å²) in [4.78, 5) is 23.1. The number of carbonyl (C=O) groups excluding carboxylic acids is 2. The quantitative estimate of drug-likeness (QED) is 0.608. The Balaban J connectivity index is 2.08. The minimum atomic E-state index is -0.699. The van der Waals surface area contributed by atoms with Gasteiger partial charge < -0.3 is 14.8 Å². The van der Waals surface area contributed by atoms with E-state index in [1.165, 1.54) is 0 Å². The molecule has 0 bridgehead atoms. The van der Waals surface area contributed by atoms with Gasteiger partial charge in [0.1, 0.15) is 11.7 Å². The van der Waals surface area contributed by atoms with Crippen molar-refractivity contribution in [2.24, 2.45) is 5.92 Å². The first-order valence-corrected chi connectivity index (χ1v) is 8.34. The van der Waals surface area contributed by atoms with E-state index in [0.717, 1.165) is 16.8 Å². The molecular formula is C19H22N2O4. The zero-order valence-electron chi connectivity index (χ0n) is 14.5. The van der Waals surface area contributed by atoms with Crippen molar-refractivity contribution >= 4 is 17.4 Å². The van der Waals surface area contributed by atoms with Crippen LogP contribution in [0.3, 0.4) is 0 Å². The molecule has 2 rings (SSSR count). The zero-order valence-corrected chi connectivity index (χ0v) is 14.5. The second kappa shape index (κ2) is 8.88. The van der Waals surface area contributed by atoms with Crippen LogP contribution in [0.1, 0.15) is 38.7 Å². The molecule has 1 atom stereocenters. The SMILES string of the molecule is CCOC(=O)CCCOc1ccccc1C1=C(C)NC(=O)C(C#N)C1. The van der Waals surface area contributed by atoms with Gasteiger partial charge in [-0.1, -0.05) is 18.2 Å². The Kier molecular flexibility index (Phi) is 6.58. The van der Waals surface area contributed by atoms with Gasteiger partial charge in [-0.15, -0.1) is 0 Å². The third-order valence-electron chi connectivity index (χ3n) is 3.94. The maximum absolute atomic E-state index is 11.8. The lowest BCUT2D eigenvalue weighted by Crippen LogP contribution is -2.33. The van der Waals surface area contributed by atoms with E-state index >= 15 is 0 Å². The normalized spacial score (nSPS) is 16.8. The third-order valence-corrected chi connectivity index (χ3v) is 3.94. The van der Waals surface area contributed by atoms with Crippen LogP contribution in [0.15, 0.2) is 30.0 Å². The van der Waals surface area contributed by atoms with Crippen molar-refractivity contribution in [3.63, 3.8) is 0 Å². The molecule has 0 aromatic heterocycles. The maximum Gasteiger partial charge on any atom is 0.305 e. The van der Waals surface area contributed by atoms with E-state index in [0.29, 0.717) is 38.2 Å². The Hall–Kier alpha value is -2.81.